The van der Waals surface area contributed by atoms with Crippen LogP contribution in [0, 0.1) is 0 Å². The summed E-state index contributed by atoms with van der Waals surface area (Å²) in [7, 11) is 1.50. The minimum Gasteiger partial charge on any atom is -0.467 e. The van der Waals surface area contributed by atoms with Gasteiger partial charge in [-0.1, -0.05) is 6.08 Å². The Labute approximate surface area is 88.4 Å². The van der Waals surface area contributed by atoms with E-state index in [2.05, 4.69) is 9.97 Å². The van der Waals surface area contributed by atoms with Crippen molar-refractivity contribution in [1.82, 2.24) is 9.97 Å². The topological polar surface area (TPSA) is 64.5 Å². The van der Waals surface area contributed by atoms with E-state index in [1.165, 1.54) is 13.2 Å². The number of aliphatic hydroxyl groups excluding tert-OH is 1. The fraction of sp³-hybridized carbons (Fsp3) is 0.400. The quantitative estimate of drug-likeness (QED) is 0.730. The Balaban J connectivity index is 2.56. The molecule has 5 heteroatoms. The molecule has 1 unspecified atom stereocenters. The average molecular weight is 210 g/mol. The summed E-state index contributed by atoms with van der Waals surface area (Å²) in [6, 6.07) is 0.317. The third-order valence-corrected chi connectivity index (χ3v) is 1.62. The van der Waals surface area contributed by atoms with Gasteiger partial charge in [-0.2, -0.15) is 0 Å². The highest BCUT2D eigenvalue weighted by Crippen LogP contribution is 2.04. The molecule has 0 fully saturated rings. The summed E-state index contributed by atoms with van der Waals surface area (Å²) >= 11 is 0. The number of hydrogen-bond acceptors (Lipinski definition) is 5. The molecule has 15 heavy (non-hydrogen) atoms. The zero-order valence-electron chi connectivity index (χ0n) is 8.75. The van der Waals surface area contributed by atoms with Crippen molar-refractivity contribution in [2.75, 3.05) is 13.7 Å². The number of nitrogens with zero attached hydrogens (tertiary/aromatic N) is 2. The minimum absolute atomic E-state index is 0.317. The molecule has 1 N–H and O–H groups in total. The van der Waals surface area contributed by atoms with Gasteiger partial charge in [-0.25, -0.2) is 9.97 Å². The summed E-state index contributed by atoms with van der Waals surface area (Å²) in [6.45, 7) is 2.28. The van der Waals surface area contributed by atoms with Crippen LogP contribution in [0.3, 0.4) is 0 Å². The molecule has 0 amide bonds. The molecular formula is C10H14N2O3. The van der Waals surface area contributed by atoms with E-state index in [-0.39, 0.29) is 0 Å². The Kier molecular flexibility index (Phi) is 4.73. The summed E-state index contributed by atoms with van der Waals surface area (Å²) < 4.78 is 9.72. The maximum atomic E-state index is 9.24. The van der Waals surface area contributed by atoms with Gasteiger partial charge >= 0.3 is 6.01 Å². The largest absolute Gasteiger partial charge is 0.467 e. The highest BCUT2D eigenvalue weighted by atomic mass is 16.6. The Morgan fingerprint density at radius 3 is 2.67 bits per heavy atom. The first kappa shape index (κ1) is 11.6. The highest BCUT2D eigenvalue weighted by molar-refractivity contribution is 5.46. The van der Waals surface area contributed by atoms with Crippen molar-refractivity contribution in [2.24, 2.45) is 0 Å². The molecule has 0 radical (unpaired) electrons. The maximum Gasteiger partial charge on any atom is 0.316 e. The molecule has 1 rings (SSSR count). The first-order valence-electron chi connectivity index (χ1n) is 4.60. The lowest BCUT2D eigenvalue weighted by Gasteiger charge is -2.03. The monoisotopic (exact) mass is 210 g/mol. The van der Waals surface area contributed by atoms with Crippen LogP contribution in [0.15, 0.2) is 18.5 Å². The molecule has 0 bridgehead atoms. The normalized spacial score (nSPS) is 13.0. The summed E-state index contributed by atoms with van der Waals surface area (Å²) in [4.78, 5) is 7.83. The van der Waals surface area contributed by atoms with Crippen molar-refractivity contribution in [3.05, 3.63) is 24.0 Å². The van der Waals surface area contributed by atoms with Crippen molar-refractivity contribution in [1.29, 1.82) is 0 Å². The van der Waals surface area contributed by atoms with Gasteiger partial charge in [-0.05, 0) is 13.0 Å². The van der Waals surface area contributed by atoms with Crippen molar-refractivity contribution in [3.63, 3.8) is 0 Å². The SMILES string of the molecule is CCOC(O)/C=C/c1cnc(OC)nc1. The zero-order chi connectivity index (χ0) is 11.1. The molecule has 5 nitrogen and oxygen atoms in total. The van der Waals surface area contributed by atoms with E-state index in [4.69, 9.17) is 9.47 Å². The number of rotatable bonds is 5. The third-order valence-electron chi connectivity index (χ3n) is 1.62. The van der Waals surface area contributed by atoms with Crippen LogP contribution in [-0.4, -0.2) is 35.1 Å². The molecule has 0 spiro atoms. The number of aliphatic hydroxyl groups is 1. The van der Waals surface area contributed by atoms with E-state index < -0.39 is 6.29 Å². The molecular weight excluding hydrogens is 196 g/mol. The van der Waals surface area contributed by atoms with Gasteiger partial charge in [0.1, 0.15) is 0 Å². The predicted octanol–water partition coefficient (Wildman–Crippen LogP) is 0.853. The van der Waals surface area contributed by atoms with Crippen LogP contribution < -0.4 is 4.74 Å². The van der Waals surface area contributed by atoms with Gasteiger partial charge in [0.2, 0.25) is 0 Å². The minimum atomic E-state index is -0.892. The maximum absolute atomic E-state index is 9.24. The Morgan fingerprint density at radius 2 is 2.13 bits per heavy atom. The lowest BCUT2D eigenvalue weighted by molar-refractivity contribution is -0.0581. The summed E-state index contributed by atoms with van der Waals surface area (Å²) in [5.41, 5.74) is 0.773. The van der Waals surface area contributed by atoms with Crippen LogP contribution in [0.5, 0.6) is 6.01 Å². The van der Waals surface area contributed by atoms with Crippen LogP contribution in [-0.2, 0) is 4.74 Å². The van der Waals surface area contributed by atoms with E-state index in [0.29, 0.717) is 12.6 Å². The number of ether oxygens (including phenoxy) is 2. The fourth-order valence-corrected chi connectivity index (χ4v) is 0.937. The molecule has 0 aliphatic carbocycles. The first-order valence-corrected chi connectivity index (χ1v) is 4.60. The van der Waals surface area contributed by atoms with Crippen LogP contribution in [0.2, 0.25) is 0 Å². The summed E-state index contributed by atoms with van der Waals surface area (Å²) in [5, 5.41) is 9.24. The molecule has 1 atom stereocenters. The highest BCUT2D eigenvalue weighted by Gasteiger charge is 1.97. The smallest absolute Gasteiger partial charge is 0.316 e. The van der Waals surface area contributed by atoms with E-state index in [1.807, 2.05) is 6.92 Å². The zero-order valence-corrected chi connectivity index (χ0v) is 8.75. The molecule has 0 aliphatic heterocycles. The lowest BCUT2D eigenvalue weighted by Crippen LogP contribution is -2.07. The van der Waals surface area contributed by atoms with Crippen molar-refractivity contribution in [3.8, 4) is 6.01 Å². The van der Waals surface area contributed by atoms with E-state index in [9.17, 15) is 5.11 Å². The average Bonchev–Trinajstić information content (AvgIpc) is 2.27. The molecule has 0 aliphatic rings. The molecule has 1 aromatic heterocycles. The number of hydrogen-bond donors (Lipinski definition) is 1. The third kappa shape index (κ3) is 4.05. The second-order valence-electron chi connectivity index (χ2n) is 2.71. The van der Waals surface area contributed by atoms with Crippen LogP contribution in [0.25, 0.3) is 6.08 Å². The van der Waals surface area contributed by atoms with Crippen molar-refractivity contribution in [2.45, 2.75) is 13.2 Å². The van der Waals surface area contributed by atoms with Gasteiger partial charge in [0, 0.05) is 24.6 Å². The number of methoxy groups -OCH3 is 1. The van der Waals surface area contributed by atoms with Crippen LogP contribution >= 0.6 is 0 Å². The van der Waals surface area contributed by atoms with Gasteiger partial charge in [-0.15, -0.1) is 0 Å². The predicted molar refractivity (Wildman–Crippen MR) is 55.3 cm³/mol. The standard InChI is InChI=1S/C10H14N2O3/c1-3-15-9(13)5-4-8-6-11-10(14-2)12-7-8/h4-7,9,13H,3H2,1-2H3/b5-4+. The second-order valence-corrected chi connectivity index (χ2v) is 2.71. The van der Waals surface area contributed by atoms with E-state index >= 15 is 0 Å². The van der Waals surface area contributed by atoms with E-state index in [0.717, 1.165) is 5.56 Å². The summed E-state index contributed by atoms with van der Waals surface area (Å²) in [5.74, 6) is 0. The molecule has 1 heterocycles. The number of aromatic nitrogens is 2. The molecule has 1 aromatic rings. The molecule has 0 saturated heterocycles. The van der Waals surface area contributed by atoms with Crippen molar-refractivity contribution < 1.29 is 14.6 Å². The second kappa shape index (κ2) is 6.10. The van der Waals surface area contributed by atoms with Crippen LogP contribution in [0.4, 0.5) is 0 Å². The Bertz CT molecular complexity index is 311. The molecule has 0 aromatic carbocycles. The summed E-state index contributed by atoms with van der Waals surface area (Å²) in [6.07, 6.45) is 5.51. The fourth-order valence-electron chi connectivity index (χ4n) is 0.937. The molecule has 82 valence electrons. The Morgan fingerprint density at radius 1 is 1.47 bits per heavy atom. The van der Waals surface area contributed by atoms with Crippen molar-refractivity contribution >= 4 is 6.08 Å². The van der Waals surface area contributed by atoms with Gasteiger partial charge < -0.3 is 14.6 Å². The van der Waals surface area contributed by atoms with E-state index in [1.54, 1.807) is 18.5 Å². The van der Waals surface area contributed by atoms with Gasteiger partial charge in [0.25, 0.3) is 0 Å². The Hall–Kier alpha value is -1.46. The lowest BCUT2D eigenvalue weighted by atomic mass is 10.3. The van der Waals surface area contributed by atoms with Gasteiger partial charge in [0.05, 0.1) is 7.11 Å². The van der Waals surface area contributed by atoms with Gasteiger partial charge in [-0.3, -0.25) is 0 Å². The first-order chi connectivity index (χ1) is 7.26. The van der Waals surface area contributed by atoms with Crippen LogP contribution in [0.1, 0.15) is 12.5 Å². The molecule has 0 saturated carbocycles. The van der Waals surface area contributed by atoms with Gasteiger partial charge in [0.15, 0.2) is 6.29 Å².